The zero-order valence-corrected chi connectivity index (χ0v) is 15.8. The minimum Gasteiger partial charge on any atom is -0.377 e. The lowest BCUT2D eigenvalue weighted by molar-refractivity contribution is 0.0510. The van der Waals surface area contributed by atoms with Crippen LogP contribution >= 0.6 is 0 Å². The number of carbonyl (C=O) groups excluding carboxylic acids is 1. The molecular weight excluding hydrogens is 314 g/mol. The number of rotatable bonds is 4. The average Bonchev–Trinajstić information content (AvgIpc) is 3.20. The molecule has 3 saturated heterocycles. The van der Waals surface area contributed by atoms with Gasteiger partial charge in [-0.3, -0.25) is 0 Å². The standard InChI is InChI=1S/C20H35N3O2/c1-15-13-22(14-17-7-4-12-25-17)11-9-18(15)21-20(24)23-10-3-8-19(23)16-5-2-6-16/h15-19H,2-14H2,1H3,(H,21,24)/t15-,17+,18+,19+/m1/s1. The molecule has 5 heteroatoms. The summed E-state index contributed by atoms with van der Waals surface area (Å²) < 4.78 is 5.78. The van der Waals surface area contributed by atoms with Crippen molar-refractivity contribution >= 4 is 6.03 Å². The lowest BCUT2D eigenvalue weighted by Crippen LogP contribution is -2.55. The molecule has 4 rings (SSSR count). The second-order valence-corrected chi connectivity index (χ2v) is 8.81. The molecule has 0 unspecified atom stereocenters. The van der Waals surface area contributed by atoms with Gasteiger partial charge in [0.2, 0.25) is 0 Å². The Kier molecular flexibility index (Phi) is 5.51. The van der Waals surface area contributed by atoms with Crippen molar-refractivity contribution in [1.29, 1.82) is 0 Å². The lowest BCUT2D eigenvalue weighted by atomic mass is 9.79. The van der Waals surface area contributed by atoms with Gasteiger partial charge in [0, 0.05) is 44.9 Å². The third-order valence-electron chi connectivity index (χ3n) is 7.04. The first-order chi connectivity index (χ1) is 12.2. The molecule has 0 radical (unpaired) electrons. The Bertz CT molecular complexity index is 462. The van der Waals surface area contributed by atoms with E-state index in [9.17, 15) is 4.79 Å². The van der Waals surface area contributed by atoms with Crippen molar-refractivity contribution in [1.82, 2.24) is 15.1 Å². The van der Waals surface area contributed by atoms with Gasteiger partial charge in [-0.05, 0) is 56.8 Å². The zero-order chi connectivity index (χ0) is 17.2. The Morgan fingerprint density at radius 2 is 1.96 bits per heavy atom. The summed E-state index contributed by atoms with van der Waals surface area (Å²) in [5.74, 6) is 1.29. The van der Waals surface area contributed by atoms with Gasteiger partial charge in [-0.2, -0.15) is 0 Å². The van der Waals surface area contributed by atoms with Gasteiger partial charge >= 0.3 is 6.03 Å². The average molecular weight is 350 g/mol. The number of piperidine rings is 1. The number of amides is 2. The Labute approximate surface area is 152 Å². The Morgan fingerprint density at radius 3 is 2.64 bits per heavy atom. The van der Waals surface area contributed by atoms with Crippen molar-refractivity contribution in [2.75, 3.05) is 32.8 Å². The normalized spacial score (nSPS) is 37.2. The van der Waals surface area contributed by atoms with Gasteiger partial charge in [-0.1, -0.05) is 13.3 Å². The highest BCUT2D eigenvalue weighted by Gasteiger charge is 2.38. The molecule has 0 spiro atoms. The Morgan fingerprint density at radius 1 is 1.08 bits per heavy atom. The molecule has 1 N–H and O–H groups in total. The number of carbonyl (C=O) groups is 1. The molecule has 25 heavy (non-hydrogen) atoms. The van der Waals surface area contributed by atoms with E-state index in [2.05, 4.69) is 22.0 Å². The number of hydrogen-bond acceptors (Lipinski definition) is 3. The Hall–Kier alpha value is -0.810. The van der Waals surface area contributed by atoms with E-state index in [0.29, 0.717) is 24.1 Å². The summed E-state index contributed by atoms with van der Waals surface area (Å²) in [5, 5.41) is 3.39. The van der Waals surface area contributed by atoms with E-state index < -0.39 is 0 Å². The van der Waals surface area contributed by atoms with Crippen LogP contribution in [-0.2, 0) is 4.74 Å². The fraction of sp³-hybridized carbons (Fsp3) is 0.950. The summed E-state index contributed by atoms with van der Waals surface area (Å²) in [4.78, 5) is 17.6. The molecule has 0 aromatic heterocycles. The second kappa shape index (κ2) is 7.83. The number of likely N-dealkylation sites (tertiary alicyclic amines) is 2. The van der Waals surface area contributed by atoms with Gasteiger partial charge in [-0.15, -0.1) is 0 Å². The zero-order valence-electron chi connectivity index (χ0n) is 15.8. The van der Waals surface area contributed by atoms with Crippen molar-refractivity contribution in [2.24, 2.45) is 11.8 Å². The summed E-state index contributed by atoms with van der Waals surface area (Å²) >= 11 is 0. The maximum Gasteiger partial charge on any atom is 0.317 e. The molecule has 0 aromatic carbocycles. The monoisotopic (exact) mass is 349 g/mol. The molecule has 4 fully saturated rings. The van der Waals surface area contributed by atoms with Crippen LogP contribution in [0.3, 0.4) is 0 Å². The molecule has 1 saturated carbocycles. The van der Waals surface area contributed by atoms with Crippen molar-refractivity contribution in [3.8, 4) is 0 Å². The quantitative estimate of drug-likeness (QED) is 0.849. The molecule has 0 aromatic rings. The molecule has 3 aliphatic heterocycles. The van der Waals surface area contributed by atoms with E-state index in [1.165, 1.54) is 44.9 Å². The van der Waals surface area contributed by atoms with Crippen LogP contribution in [0.15, 0.2) is 0 Å². The van der Waals surface area contributed by atoms with E-state index in [4.69, 9.17) is 4.74 Å². The molecule has 2 amide bonds. The van der Waals surface area contributed by atoms with Gasteiger partial charge in [0.25, 0.3) is 0 Å². The first kappa shape index (κ1) is 17.6. The predicted octanol–water partition coefficient (Wildman–Crippen LogP) is 2.85. The van der Waals surface area contributed by atoms with Gasteiger partial charge in [0.15, 0.2) is 0 Å². The third-order valence-corrected chi connectivity index (χ3v) is 7.04. The van der Waals surface area contributed by atoms with Crippen LogP contribution in [0.4, 0.5) is 4.79 Å². The molecule has 4 atom stereocenters. The number of ether oxygens (including phenoxy) is 1. The van der Waals surface area contributed by atoms with E-state index in [1.807, 2.05) is 0 Å². The number of hydrogen-bond donors (Lipinski definition) is 1. The van der Waals surface area contributed by atoms with Gasteiger partial charge in [-0.25, -0.2) is 4.79 Å². The summed E-state index contributed by atoms with van der Waals surface area (Å²) in [7, 11) is 0. The van der Waals surface area contributed by atoms with Crippen LogP contribution in [0.5, 0.6) is 0 Å². The topological polar surface area (TPSA) is 44.8 Å². The van der Waals surface area contributed by atoms with Crippen LogP contribution < -0.4 is 5.32 Å². The van der Waals surface area contributed by atoms with Crippen molar-refractivity contribution < 1.29 is 9.53 Å². The van der Waals surface area contributed by atoms with E-state index >= 15 is 0 Å². The predicted molar refractivity (Wildman–Crippen MR) is 98.6 cm³/mol. The highest BCUT2D eigenvalue weighted by Crippen LogP contribution is 2.37. The molecule has 4 aliphatic rings. The highest BCUT2D eigenvalue weighted by atomic mass is 16.5. The summed E-state index contributed by atoms with van der Waals surface area (Å²) in [6.45, 7) is 7.42. The Balaban J connectivity index is 1.25. The smallest absolute Gasteiger partial charge is 0.317 e. The minimum atomic E-state index is 0.207. The van der Waals surface area contributed by atoms with Gasteiger partial charge < -0.3 is 19.9 Å². The maximum absolute atomic E-state index is 12.9. The van der Waals surface area contributed by atoms with Crippen molar-refractivity contribution in [2.45, 2.75) is 76.5 Å². The number of nitrogens with one attached hydrogen (secondary N) is 1. The number of nitrogens with zero attached hydrogens (tertiary/aromatic N) is 2. The summed E-state index contributed by atoms with van der Waals surface area (Å²) in [5.41, 5.74) is 0. The van der Waals surface area contributed by atoms with E-state index in [-0.39, 0.29) is 6.03 Å². The molecule has 0 bridgehead atoms. The van der Waals surface area contributed by atoms with Gasteiger partial charge in [0.1, 0.15) is 0 Å². The maximum atomic E-state index is 12.9. The van der Waals surface area contributed by atoms with Crippen molar-refractivity contribution in [3.63, 3.8) is 0 Å². The van der Waals surface area contributed by atoms with E-state index in [1.54, 1.807) is 0 Å². The first-order valence-corrected chi connectivity index (χ1v) is 10.6. The second-order valence-electron chi connectivity index (χ2n) is 8.81. The van der Waals surface area contributed by atoms with E-state index in [0.717, 1.165) is 45.1 Å². The molecular formula is C20H35N3O2. The minimum absolute atomic E-state index is 0.207. The summed E-state index contributed by atoms with van der Waals surface area (Å²) in [6.07, 6.45) is 10.3. The number of urea groups is 1. The molecule has 142 valence electrons. The van der Waals surface area contributed by atoms with Crippen LogP contribution in [0.1, 0.15) is 58.3 Å². The SMILES string of the molecule is C[C@@H]1CN(C[C@@H]2CCCO2)CC[C@@H]1NC(=O)N1CCC[C@H]1C1CCC1. The lowest BCUT2D eigenvalue weighted by Gasteiger charge is -2.40. The fourth-order valence-electron chi connectivity index (χ4n) is 5.29. The fourth-order valence-corrected chi connectivity index (χ4v) is 5.29. The molecule has 5 nitrogen and oxygen atoms in total. The van der Waals surface area contributed by atoms with Gasteiger partial charge in [0.05, 0.1) is 6.10 Å². The largest absolute Gasteiger partial charge is 0.377 e. The van der Waals surface area contributed by atoms with Crippen LogP contribution in [-0.4, -0.2) is 66.8 Å². The highest BCUT2D eigenvalue weighted by molar-refractivity contribution is 5.75. The summed E-state index contributed by atoms with van der Waals surface area (Å²) in [6, 6.07) is 1.05. The molecule has 3 heterocycles. The van der Waals surface area contributed by atoms with Crippen molar-refractivity contribution in [3.05, 3.63) is 0 Å². The third kappa shape index (κ3) is 3.97. The van der Waals surface area contributed by atoms with Crippen LogP contribution in [0, 0.1) is 11.8 Å². The first-order valence-electron chi connectivity index (χ1n) is 10.6. The van der Waals surface area contributed by atoms with Crippen LogP contribution in [0.2, 0.25) is 0 Å². The van der Waals surface area contributed by atoms with Crippen LogP contribution in [0.25, 0.3) is 0 Å². The molecule has 1 aliphatic carbocycles.